The van der Waals surface area contributed by atoms with E-state index < -0.39 is 0 Å². The summed E-state index contributed by atoms with van der Waals surface area (Å²) >= 11 is 0. The fourth-order valence-corrected chi connectivity index (χ4v) is 2.11. The molecule has 1 aromatic rings. The van der Waals surface area contributed by atoms with Crippen LogP contribution >= 0.6 is 0 Å². The maximum Gasteiger partial charge on any atom is 0.0628 e. The van der Waals surface area contributed by atoms with E-state index in [1.54, 1.807) is 0 Å². The van der Waals surface area contributed by atoms with Gasteiger partial charge in [0.2, 0.25) is 0 Å². The number of nitrogens with one attached hydrogen (secondary N) is 1. The van der Waals surface area contributed by atoms with Crippen molar-refractivity contribution in [3.05, 3.63) is 17.0 Å². The maximum absolute atomic E-state index is 4.62. The van der Waals surface area contributed by atoms with E-state index >= 15 is 0 Å². The predicted molar refractivity (Wildman–Crippen MR) is 64.3 cm³/mol. The van der Waals surface area contributed by atoms with Crippen molar-refractivity contribution >= 4 is 0 Å². The average Bonchev–Trinajstić information content (AvgIpc) is 2.50. The zero-order valence-corrected chi connectivity index (χ0v) is 10.6. The summed E-state index contributed by atoms with van der Waals surface area (Å²) in [5.74, 6) is 0. The first-order valence-corrected chi connectivity index (χ1v) is 5.81. The molecule has 3 nitrogen and oxygen atoms in total. The first-order chi connectivity index (χ1) is 7.11. The molecule has 0 saturated heterocycles. The molecule has 1 heterocycles. The molecule has 0 saturated carbocycles. The van der Waals surface area contributed by atoms with Crippen molar-refractivity contribution in [2.75, 3.05) is 13.6 Å². The zero-order chi connectivity index (χ0) is 11.4. The van der Waals surface area contributed by atoms with Crippen molar-refractivity contribution in [1.29, 1.82) is 0 Å². The lowest BCUT2D eigenvalue weighted by molar-refractivity contribution is 0.441. The summed E-state index contributed by atoms with van der Waals surface area (Å²) < 4.78 is 2.17. The molecule has 1 aromatic heterocycles. The van der Waals surface area contributed by atoms with Crippen LogP contribution in [0.2, 0.25) is 0 Å². The molecule has 0 aromatic carbocycles. The van der Waals surface area contributed by atoms with Crippen LogP contribution in [-0.2, 0) is 6.42 Å². The van der Waals surface area contributed by atoms with Gasteiger partial charge in [0.15, 0.2) is 0 Å². The second-order valence-corrected chi connectivity index (χ2v) is 4.19. The Morgan fingerprint density at radius 3 is 2.53 bits per heavy atom. The predicted octanol–water partition coefficient (Wildman–Crippen LogP) is 2.23. The summed E-state index contributed by atoms with van der Waals surface area (Å²) in [6.07, 6.45) is 2.21. The lowest BCUT2D eigenvalue weighted by Crippen LogP contribution is -2.16. The molecule has 0 spiro atoms. The van der Waals surface area contributed by atoms with Crippen LogP contribution in [0.25, 0.3) is 0 Å². The molecular weight excluding hydrogens is 186 g/mol. The van der Waals surface area contributed by atoms with Crippen LogP contribution in [-0.4, -0.2) is 23.4 Å². The average molecular weight is 209 g/mol. The molecule has 0 aliphatic carbocycles. The minimum atomic E-state index is 0.483. The molecule has 3 heteroatoms. The van der Waals surface area contributed by atoms with Crippen molar-refractivity contribution in [3.63, 3.8) is 0 Å². The van der Waals surface area contributed by atoms with Gasteiger partial charge in [0.05, 0.1) is 11.7 Å². The zero-order valence-electron chi connectivity index (χ0n) is 10.6. The van der Waals surface area contributed by atoms with Gasteiger partial charge in [-0.05, 0) is 52.8 Å². The minimum Gasteiger partial charge on any atom is -0.320 e. The molecule has 1 N–H and O–H groups in total. The van der Waals surface area contributed by atoms with E-state index in [0.717, 1.165) is 19.4 Å². The molecular formula is C12H23N3. The van der Waals surface area contributed by atoms with Crippen molar-refractivity contribution in [2.45, 2.75) is 46.6 Å². The molecule has 0 amide bonds. The number of aryl methyl sites for hydroxylation is 1. The summed E-state index contributed by atoms with van der Waals surface area (Å²) in [6.45, 7) is 9.75. The molecule has 0 aliphatic rings. The molecule has 15 heavy (non-hydrogen) atoms. The Morgan fingerprint density at radius 2 is 2.07 bits per heavy atom. The second kappa shape index (κ2) is 5.31. The highest BCUT2D eigenvalue weighted by molar-refractivity contribution is 5.24. The summed E-state index contributed by atoms with van der Waals surface area (Å²) in [7, 11) is 1.99. The Kier molecular flexibility index (Phi) is 4.33. The Hall–Kier alpha value is -0.830. The summed E-state index contributed by atoms with van der Waals surface area (Å²) in [4.78, 5) is 0. The lowest BCUT2D eigenvalue weighted by atomic mass is 10.1. The smallest absolute Gasteiger partial charge is 0.0628 e. The van der Waals surface area contributed by atoms with Gasteiger partial charge in [-0.3, -0.25) is 4.68 Å². The van der Waals surface area contributed by atoms with Crippen molar-refractivity contribution < 1.29 is 0 Å². The van der Waals surface area contributed by atoms with Crippen LogP contribution in [0.5, 0.6) is 0 Å². The maximum atomic E-state index is 4.62. The second-order valence-electron chi connectivity index (χ2n) is 4.19. The van der Waals surface area contributed by atoms with E-state index in [-0.39, 0.29) is 0 Å². The van der Waals surface area contributed by atoms with Crippen LogP contribution in [0.4, 0.5) is 0 Å². The summed E-state index contributed by atoms with van der Waals surface area (Å²) in [6, 6.07) is 0.483. The van der Waals surface area contributed by atoms with Crippen molar-refractivity contribution in [3.8, 4) is 0 Å². The molecule has 1 atom stereocenters. The number of aromatic nitrogens is 2. The topological polar surface area (TPSA) is 29.9 Å². The first kappa shape index (κ1) is 12.2. The monoisotopic (exact) mass is 209 g/mol. The van der Waals surface area contributed by atoms with Crippen LogP contribution in [0.15, 0.2) is 0 Å². The minimum absolute atomic E-state index is 0.483. The molecule has 1 unspecified atom stereocenters. The van der Waals surface area contributed by atoms with Crippen LogP contribution in [0.1, 0.15) is 43.3 Å². The fraction of sp³-hybridized carbons (Fsp3) is 0.750. The fourth-order valence-electron chi connectivity index (χ4n) is 2.11. The van der Waals surface area contributed by atoms with E-state index in [2.05, 4.69) is 42.8 Å². The highest BCUT2D eigenvalue weighted by Crippen LogP contribution is 2.19. The van der Waals surface area contributed by atoms with Gasteiger partial charge in [-0.15, -0.1) is 0 Å². The Balaban J connectivity index is 2.85. The van der Waals surface area contributed by atoms with Crippen LogP contribution in [0.3, 0.4) is 0 Å². The third-order valence-electron chi connectivity index (χ3n) is 3.06. The van der Waals surface area contributed by atoms with Gasteiger partial charge in [0, 0.05) is 5.69 Å². The van der Waals surface area contributed by atoms with Crippen molar-refractivity contribution in [1.82, 2.24) is 15.1 Å². The van der Waals surface area contributed by atoms with Gasteiger partial charge in [-0.2, -0.15) is 5.10 Å². The lowest BCUT2D eigenvalue weighted by Gasteiger charge is -2.14. The molecule has 0 fully saturated rings. The quantitative estimate of drug-likeness (QED) is 0.806. The van der Waals surface area contributed by atoms with Gasteiger partial charge < -0.3 is 5.32 Å². The third kappa shape index (κ3) is 2.59. The Labute approximate surface area is 92.9 Å². The molecule has 0 aliphatic heterocycles. The Bertz CT molecular complexity index is 315. The highest BCUT2D eigenvalue weighted by Gasteiger charge is 2.13. The molecule has 1 rings (SSSR count). The van der Waals surface area contributed by atoms with E-state index in [1.165, 1.54) is 17.0 Å². The van der Waals surface area contributed by atoms with Crippen molar-refractivity contribution in [2.24, 2.45) is 0 Å². The van der Waals surface area contributed by atoms with E-state index in [9.17, 15) is 0 Å². The van der Waals surface area contributed by atoms with Crippen LogP contribution in [0, 0.1) is 13.8 Å². The third-order valence-corrected chi connectivity index (χ3v) is 3.06. The molecule has 86 valence electrons. The number of hydrogen-bond acceptors (Lipinski definition) is 2. The molecule has 0 radical (unpaired) electrons. The van der Waals surface area contributed by atoms with E-state index in [4.69, 9.17) is 0 Å². The number of nitrogens with zero attached hydrogens (tertiary/aromatic N) is 2. The highest BCUT2D eigenvalue weighted by atomic mass is 15.3. The van der Waals surface area contributed by atoms with E-state index in [1.807, 2.05) is 7.05 Å². The van der Waals surface area contributed by atoms with Crippen LogP contribution < -0.4 is 5.32 Å². The van der Waals surface area contributed by atoms with E-state index in [0.29, 0.717) is 6.04 Å². The summed E-state index contributed by atoms with van der Waals surface area (Å²) in [5.41, 5.74) is 3.93. The van der Waals surface area contributed by atoms with Gasteiger partial charge in [-0.1, -0.05) is 6.92 Å². The Morgan fingerprint density at radius 1 is 1.40 bits per heavy atom. The normalized spacial score (nSPS) is 13.1. The van der Waals surface area contributed by atoms with Gasteiger partial charge in [0.1, 0.15) is 0 Å². The van der Waals surface area contributed by atoms with Gasteiger partial charge in [0.25, 0.3) is 0 Å². The van der Waals surface area contributed by atoms with Gasteiger partial charge in [-0.25, -0.2) is 0 Å². The SMILES string of the molecule is CCc1c(C)nn(C(C)CCNC)c1C. The largest absolute Gasteiger partial charge is 0.320 e. The summed E-state index contributed by atoms with van der Waals surface area (Å²) in [5, 5.41) is 7.80. The number of rotatable bonds is 5. The standard InChI is InChI=1S/C12H23N3/c1-6-12-10(3)14-15(11(12)4)9(2)7-8-13-5/h9,13H,6-8H2,1-5H3. The first-order valence-electron chi connectivity index (χ1n) is 5.81. The van der Waals surface area contributed by atoms with Gasteiger partial charge >= 0.3 is 0 Å². The number of hydrogen-bond donors (Lipinski definition) is 1. The molecule has 0 bridgehead atoms.